The van der Waals surface area contributed by atoms with Crippen LogP contribution < -0.4 is 4.74 Å². The second-order valence-electron chi connectivity index (χ2n) is 32.8. The van der Waals surface area contributed by atoms with Crippen molar-refractivity contribution < 1.29 is 44.7 Å². The maximum Gasteiger partial charge on any atom is 0.189 e. The molecule has 4 rings (SSSR count). The van der Waals surface area contributed by atoms with E-state index in [4.69, 9.17) is 4.74 Å². The summed E-state index contributed by atoms with van der Waals surface area (Å²) in [5.41, 5.74) is 8.25. The highest BCUT2D eigenvalue weighted by Crippen LogP contribution is 2.45. The van der Waals surface area contributed by atoms with Crippen molar-refractivity contribution in [3.63, 3.8) is 0 Å². The average Bonchev–Trinajstić information content (AvgIpc) is 0.763. The Morgan fingerprint density at radius 3 is 0.948 bits per heavy atom. The molecule has 96 heavy (non-hydrogen) atoms. The minimum atomic E-state index is -0.449. The molecule has 3 aromatic rings. The summed E-state index contributed by atoms with van der Waals surface area (Å²) in [5, 5.41) is 51.8. The highest BCUT2D eigenvalue weighted by molar-refractivity contribution is 6.09. The van der Waals surface area contributed by atoms with Crippen LogP contribution in [0.3, 0.4) is 0 Å². The minimum Gasteiger partial charge on any atom is -0.507 e. The zero-order chi connectivity index (χ0) is 72.9. The van der Waals surface area contributed by atoms with E-state index < -0.39 is 5.60 Å². The van der Waals surface area contributed by atoms with Gasteiger partial charge < -0.3 is 30.3 Å². The number of ketones is 3. The van der Waals surface area contributed by atoms with Crippen LogP contribution >= 0.6 is 0 Å². The van der Waals surface area contributed by atoms with Gasteiger partial charge in [0.1, 0.15) is 40.1 Å². The highest BCUT2D eigenvalue weighted by Gasteiger charge is 2.39. The van der Waals surface area contributed by atoms with Gasteiger partial charge in [0.2, 0.25) is 0 Å². The topological polar surface area (TPSA) is 162 Å². The summed E-state index contributed by atoms with van der Waals surface area (Å²) in [6.45, 7) is 50.1. The van der Waals surface area contributed by atoms with Gasteiger partial charge in [0.15, 0.2) is 17.3 Å². The standard InChI is InChI=1S/3C29H48O3/c1-19(2)12-9-13-20(3)14-10-15-21(4)16-11-17-29(8)18-25(30)26-24(7)27(31)22(5)23(6)28(26)32-29;2*1-19(2)12-9-13-20(3)14-10-15-21(4)16-11-17-22(5)18-26(30)27-25(8)28(31)23(6)24(7)29(27)32/h19-21,31H,9-18H2,1-8H3;2*18-21,31-32H,9-17H2,1-8H3/b;22-18+;22-18-/t20-,21-,29?;2*20-,21-/m111/s1. The number of benzene rings is 3. The van der Waals surface area contributed by atoms with Gasteiger partial charge >= 0.3 is 0 Å². The Morgan fingerprint density at radius 2 is 0.635 bits per heavy atom. The van der Waals surface area contributed by atoms with Crippen LogP contribution in [-0.2, 0) is 0 Å². The van der Waals surface area contributed by atoms with Crippen molar-refractivity contribution in [3.8, 4) is 34.5 Å². The lowest BCUT2D eigenvalue weighted by Gasteiger charge is -2.37. The first kappa shape index (κ1) is 87.0. The van der Waals surface area contributed by atoms with Crippen LogP contribution in [0, 0.1) is 116 Å². The third kappa shape index (κ3) is 29.8. The number of hydrogen-bond acceptors (Lipinski definition) is 9. The van der Waals surface area contributed by atoms with Gasteiger partial charge in [-0.15, -0.1) is 0 Å². The van der Waals surface area contributed by atoms with Crippen molar-refractivity contribution in [1.29, 1.82) is 0 Å². The largest absolute Gasteiger partial charge is 0.507 e. The highest BCUT2D eigenvalue weighted by atomic mass is 16.5. The van der Waals surface area contributed by atoms with Crippen LogP contribution in [0.15, 0.2) is 23.3 Å². The molecule has 0 amide bonds. The molecule has 1 unspecified atom stereocenters. The van der Waals surface area contributed by atoms with E-state index in [1.54, 1.807) is 53.7 Å². The summed E-state index contributed by atoms with van der Waals surface area (Å²) < 4.78 is 6.45. The first-order valence-electron chi connectivity index (χ1n) is 38.4. The molecule has 9 nitrogen and oxygen atoms in total. The molecule has 0 saturated heterocycles. The molecule has 7 atom stereocenters. The van der Waals surface area contributed by atoms with E-state index in [0.29, 0.717) is 68.5 Å². The van der Waals surface area contributed by atoms with Crippen molar-refractivity contribution in [3.05, 3.63) is 90.1 Å². The number of allylic oxidation sites excluding steroid dienone is 4. The number of aromatic hydroxyl groups is 5. The second kappa shape index (κ2) is 43.5. The first-order valence-corrected chi connectivity index (χ1v) is 38.4. The van der Waals surface area contributed by atoms with Crippen LogP contribution in [0.2, 0.25) is 0 Å². The van der Waals surface area contributed by atoms with E-state index in [0.717, 1.165) is 102 Å². The van der Waals surface area contributed by atoms with Crippen molar-refractivity contribution in [2.24, 2.45) is 53.3 Å². The number of fused-ring (bicyclic) bond motifs is 1. The fourth-order valence-electron chi connectivity index (χ4n) is 14.2. The molecule has 0 radical (unpaired) electrons. The van der Waals surface area contributed by atoms with Crippen molar-refractivity contribution >= 4 is 17.3 Å². The summed E-state index contributed by atoms with van der Waals surface area (Å²) in [4.78, 5) is 38.5. The van der Waals surface area contributed by atoms with Gasteiger partial charge in [-0.05, 0) is 220 Å². The number of hydrogen-bond donors (Lipinski definition) is 5. The summed E-state index contributed by atoms with van der Waals surface area (Å²) in [5.74, 6) is 7.84. The number of phenols is 5. The Bertz CT molecular complexity index is 2760. The molecule has 3 aromatic carbocycles. The minimum absolute atomic E-state index is 0.0149. The summed E-state index contributed by atoms with van der Waals surface area (Å²) in [6.07, 6.45) is 37.1. The van der Waals surface area contributed by atoms with Crippen LogP contribution in [0.5, 0.6) is 34.5 Å². The van der Waals surface area contributed by atoms with Gasteiger partial charge in [-0.25, -0.2) is 0 Å². The van der Waals surface area contributed by atoms with Crippen molar-refractivity contribution in [2.75, 3.05) is 0 Å². The summed E-state index contributed by atoms with van der Waals surface area (Å²) in [7, 11) is 0. The van der Waals surface area contributed by atoms with E-state index in [1.165, 1.54) is 135 Å². The molecular formula is C87H144O9. The van der Waals surface area contributed by atoms with E-state index >= 15 is 0 Å². The Hall–Kier alpha value is -5.05. The lowest BCUT2D eigenvalue weighted by Crippen LogP contribution is -2.40. The third-order valence-electron chi connectivity index (χ3n) is 21.7. The van der Waals surface area contributed by atoms with Gasteiger partial charge in [-0.2, -0.15) is 0 Å². The summed E-state index contributed by atoms with van der Waals surface area (Å²) >= 11 is 0. The zero-order valence-corrected chi connectivity index (χ0v) is 66.0. The molecule has 0 fully saturated rings. The number of rotatable bonds is 40. The Morgan fingerprint density at radius 1 is 0.375 bits per heavy atom. The molecular weight excluding hydrogens is 1190 g/mol. The van der Waals surface area contributed by atoms with Crippen LogP contribution in [0.25, 0.3) is 0 Å². The molecule has 1 heterocycles. The second-order valence-corrected chi connectivity index (χ2v) is 32.8. The van der Waals surface area contributed by atoms with Gasteiger partial charge in [-0.1, -0.05) is 229 Å². The first-order chi connectivity index (χ1) is 44.8. The predicted molar refractivity (Wildman–Crippen MR) is 409 cm³/mol. The normalized spacial score (nSPS) is 16.1. The lowest BCUT2D eigenvalue weighted by molar-refractivity contribution is 0.0437. The van der Waals surface area contributed by atoms with Crippen LogP contribution in [0.4, 0.5) is 0 Å². The predicted octanol–water partition coefficient (Wildman–Crippen LogP) is 25.7. The SMILES string of the molecule is C/C(=C/C(=O)c1c(C)c(O)c(C)c(C)c1O)CCC[C@H](C)CCC[C@H](C)CCCC(C)C.C/C(=C\C(=O)c1c(C)c(O)c(C)c(C)c1O)CCC[C@H](C)CCC[C@H](C)CCCC(C)C.Cc1c(C)c2c(c(C)c1O)C(=O)CC(C)(CCC[C@H](C)CCC[C@H](C)CCCC(C)C)O2. The van der Waals surface area contributed by atoms with E-state index in [2.05, 4.69) is 90.0 Å². The van der Waals surface area contributed by atoms with E-state index in [9.17, 15) is 39.9 Å². The molecule has 5 N–H and O–H groups in total. The van der Waals surface area contributed by atoms with Crippen molar-refractivity contribution in [1.82, 2.24) is 0 Å². The third-order valence-corrected chi connectivity index (χ3v) is 21.7. The van der Waals surface area contributed by atoms with Crippen LogP contribution in [-0.4, -0.2) is 48.5 Å². The van der Waals surface area contributed by atoms with Gasteiger partial charge in [-0.3, -0.25) is 14.4 Å². The number of carbonyl (C=O) groups excluding carboxylic acids is 3. The maximum absolute atomic E-state index is 13.0. The molecule has 1 aliphatic heterocycles. The zero-order valence-electron chi connectivity index (χ0n) is 66.0. The quantitative estimate of drug-likeness (QED) is 0.0212. The molecule has 546 valence electrons. The fraction of sp³-hybridized carbons (Fsp3) is 0.713. The van der Waals surface area contributed by atoms with Crippen LogP contribution in [0.1, 0.15) is 365 Å². The number of Topliss-reactive ketones (excluding diaryl/α,β-unsaturated/α-hetero) is 1. The number of carbonyl (C=O) groups is 3. The summed E-state index contributed by atoms with van der Waals surface area (Å²) in [6, 6.07) is 0. The van der Waals surface area contributed by atoms with E-state index in [1.807, 2.05) is 34.6 Å². The van der Waals surface area contributed by atoms with Gasteiger partial charge in [0.25, 0.3) is 0 Å². The monoisotopic (exact) mass is 1330 g/mol. The molecule has 0 aromatic heterocycles. The number of ether oxygens (including phenoxy) is 1. The molecule has 0 aliphatic carbocycles. The number of phenolic OH excluding ortho intramolecular Hbond substituents is 5. The molecule has 1 aliphatic rings. The molecule has 0 spiro atoms. The Balaban J connectivity index is 0.000000490. The van der Waals surface area contributed by atoms with E-state index in [-0.39, 0.29) is 57.2 Å². The van der Waals surface area contributed by atoms with Gasteiger partial charge in [0.05, 0.1) is 23.1 Å². The molecule has 0 saturated carbocycles. The average molecular weight is 1330 g/mol. The maximum atomic E-state index is 13.0. The van der Waals surface area contributed by atoms with Gasteiger partial charge in [0, 0.05) is 16.7 Å². The van der Waals surface area contributed by atoms with Crippen molar-refractivity contribution in [2.45, 2.75) is 352 Å². The Kier molecular flexibility index (Phi) is 39.4. The lowest BCUT2D eigenvalue weighted by atomic mass is 9.83. The fourth-order valence-corrected chi connectivity index (χ4v) is 14.2. The molecule has 0 bridgehead atoms. The smallest absolute Gasteiger partial charge is 0.189 e. The molecule has 9 heteroatoms. The Labute approximate surface area is 588 Å².